The van der Waals surface area contributed by atoms with Gasteiger partial charge in [-0.25, -0.2) is 4.99 Å². The van der Waals surface area contributed by atoms with Gasteiger partial charge in [-0.1, -0.05) is 17.8 Å². The van der Waals surface area contributed by atoms with Crippen LogP contribution < -0.4 is 9.47 Å². The maximum atomic E-state index is 12.8. The van der Waals surface area contributed by atoms with Crippen molar-refractivity contribution in [2.75, 3.05) is 19.7 Å². The molecule has 2 atom stereocenters. The Morgan fingerprint density at radius 3 is 2.93 bits per heavy atom. The number of rotatable bonds is 4. The molecule has 1 saturated carbocycles. The number of carbonyl (C=O) groups is 2. The molecule has 0 radical (unpaired) electrons. The number of nitriles is 1. The van der Waals surface area contributed by atoms with Crippen LogP contribution in [0, 0.1) is 17.2 Å². The molecule has 28 heavy (non-hydrogen) atoms. The predicted molar refractivity (Wildman–Crippen MR) is 102 cm³/mol. The van der Waals surface area contributed by atoms with Gasteiger partial charge in [0.1, 0.15) is 10.8 Å². The molecule has 0 unspecified atom stereocenters. The van der Waals surface area contributed by atoms with Crippen molar-refractivity contribution in [2.24, 2.45) is 10.9 Å². The van der Waals surface area contributed by atoms with E-state index in [2.05, 4.69) is 11.1 Å². The van der Waals surface area contributed by atoms with Gasteiger partial charge in [0, 0.05) is 18.1 Å². The van der Waals surface area contributed by atoms with Crippen LogP contribution in [0.4, 0.5) is 0 Å². The highest BCUT2D eigenvalue weighted by molar-refractivity contribution is 8.03. The molecule has 144 valence electrons. The van der Waals surface area contributed by atoms with Gasteiger partial charge < -0.3 is 14.2 Å². The van der Waals surface area contributed by atoms with Gasteiger partial charge >= 0.3 is 5.97 Å². The molecule has 0 amide bonds. The number of allylic oxidation sites excluding steroid dienone is 1. The van der Waals surface area contributed by atoms with Crippen molar-refractivity contribution in [1.82, 2.24) is 0 Å². The lowest BCUT2D eigenvalue weighted by Gasteiger charge is -2.34. The van der Waals surface area contributed by atoms with E-state index in [0.29, 0.717) is 34.9 Å². The molecule has 0 saturated heterocycles. The summed E-state index contributed by atoms with van der Waals surface area (Å²) >= 11 is 1.17. The highest BCUT2D eigenvalue weighted by Gasteiger charge is 2.42. The lowest BCUT2D eigenvalue weighted by Crippen LogP contribution is -2.37. The number of hydrogen-bond donors (Lipinski definition) is 0. The Hall–Kier alpha value is -2.79. The van der Waals surface area contributed by atoms with E-state index in [4.69, 9.17) is 14.2 Å². The minimum atomic E-state index is -0.453. The fraction of sp³-hybridized carbons (Fsp3) is 0.400. The first-order valence-electron chi connectivity index (χ1n) is 8.96. The summed E-state index contributed by atoms with van der Waals surface area (Å²) in [4.78, 5) is 29.0. The van der Waals surface area contributed by atoms with Crippen molar-refractivity contribution in [3.8, 4) is 17.6 Å². The molecular weight excluding hydrogens is 380 g/mol. The summed E-state index contributed by atoms with van der Waals surface area (Å²) in [6.45, 7) is 0.152. The summed E-state index contributed by atoms with van der Waals surface area (Å²) in [5.74, 6) is 0.109. The van der Waals surface area contributed by atoms with Gasteiger partial charge in [0.2, 0.25) is 6.79 Å². The number of nitrogens with zero attached hydrogens (tertiary/aromatic N) is 2. The van der Waals surface area contributed by atoms with Gasteiger partial charge in [-0.05, 0) is 30.5 Å². The van der Waals surface area contributed by atoms with Crippen LogP contribution in [0.5, 0.6) is 11.5 Å². The number of thioether (sulfide) groups is 1. The van der Waals surface area contributed by atoms with Crippen molar-refractivity contribution in [1.29, 1.82) is 5.26 Å². The topological polar surface area (TPSA) is 98.0 Å². The van der Waals surface area contributed by atoms with E-state index in [1.807, 2.05) is 12.1 Å². The zero-order chi connectivity index (χ0) is 19.7. The third kappa shape index (κ3) is 3.27. The Morgan fingerprint density at radius 1 is 1.32 bits per heavy atom. The van der Waals surface area contributed by atoms with E-state index < -0.39 is 17.8 Å². The van der Waals surface area contributed by atoms with Crippen molar-refractivity contribution >= 4 is 29.2 Å². The van der Waals surface area contributed by atoms with Crippen LogP contribution in [0.15, 0.2) is 33.8 Å². The zero-order valence-corrected chi connectivity index (χ0v) is 16.1. The lowest BCUT2D eigenvalue weighted by molar-refractivity contribution is -0.137. The van der Waals surface area contributed by atoms with Gasteiger partial charge in [0.05, 0.1) is 30.4 Å². The average Bonchev–Trinajstić information content (AvgIpc) is 3.18. The number of benzene rings is 1. The number of fused-ring (bicyclic) bond motifs is 2. The van der Waals surface area contributed by atoms with Gasteiger partial charge in [-0.3, -0.25) is 9.59 Å². The normalized spacial score (nSPS) is 23.0. The molecular formula is C20H18N2O5S. The second-order valence-corrected chi connectivity index (χ2v) is 7.65. The number of carbonyl (C=O) groups excluding carboxylic acids is 2. The summed E-state index contributed by atoms with van der Waals surface area (Å²) in [6.07, 6.45) is 1.94. The molecule has 3 aliphatic rings. The van der Waals surface area contributed by atoms with Crippen LogP contribution in [-0.2, 0) is 14.3 Å². The third-order valence-electron chi connectivity index (χ3n) is 5.11. The van der Waals surface area contributed by atoms with Crippen molar-refractivity contribution in [2.45, 2.75) is 25.2 Å². The minimum Gasteiger partial charge on any atom is -0.468 e. The lowest BCUT2D eigenvalue weighted by atomic mass is 9.70. The first-order chi connectivity index (χ1) is 13.6. The Balaban J connectivity index is 1.79. The molecule has 1 aliphatic carbocycles. The maximum absolute atomic E-state index is 12.8. The average molecular weight is 398 g/mol. The highest BCUT2D eigenvalue weighted by Crippen LogP contribution is 2.46. The van der Waals surface area contributed by atoms with E-state index in [0.717, 1.165) is 17.7 Å². The van der Waals surface area contributed by atoms with E-state index in [9.17, 15) is 14.9 Å². The van der Waals surface area contributed by atoms with Gasteiger partial charge in [-0.2, -0.15) is 5.26 Å². The largest absolute Gasteiger partial charge is 0.468 e. The Kier molecular flexibility index (Phi) is 5.09. The SMILES string of the molecule is COC(=O)CSC1=C(C#N)[C@H](c2ccc3c(c2)OCO3)[C@H]2C(=O)CCCC2=N1. The molecule has 7 nitrogen and oxygen atoms in total. The second kappa shape index (κ2) is 7.68. The summed E-state index contributed by atoms with van der Waals surface area (Å²) in [6, 6.07) is 7.73. The quantitative estimate of drug-likeness (QED) is 0.719. The molecule has 0 bridgehead atoms. The van der Waals surface area contributed by atoms with Gasteiger partial charge in [0.25, 0.3) is 0 Å². The maximum Gasteiger partial charge on any atom is 0.316 e. The smallest absolute Gasteiger partial charge is 0.316 e. The van der Waals surface area contributed by atoms with E-state index >= 15 is 0 Å². The Morgan fingerprint density at radius 2 is 2.14 bits per heavy atom. The first-order valence-corrected chi connectivity index (χ1v) is 9.94. The number of ketones is 1. The van der Waals surface area contributed by atoms with Crippen LogP contribution in [-0.4, -0.2) is 37.1 Å². The highest BCUT2D eigenvalue weighted by atomic mass is 32.2. The summed E-state index contributed by atoms with van der Waals surface area (Å²) in [7, 11) is 1.32. The molecule has 0 spiro atoms. The molecule has 2 heterocycles. The molecule has 1 fully saturated rings. The van der Waals surface area contributed by atoms with E-state index in [1.54, 1.807) is 6.07 Å². The van der Waals surface area contributed by atoms with Crippen LogP contribution in [0.25, 0.3) is 0 Å². The molecule has 4 rings (SSSR count). The van der Waals surface area contributed by atoms with Crippen LogP contribution >= 0.6 is 11.8 Å². The Bertz CT molecular complexity index is 946. The Labute approximate surface area is 166 Å². The zero-order valence-electron chi connectivity index (χ0n) is 15.3. The molecule has 2 aliphatic heterocycles. The number of Topliss-reactive ketones (excluding diaryl/α,β-unsaturated/α-hetero) is 1. The number of esters is 1. The second-order valence-electron chi connectivity index (χ2n) is 6.69. The summed E-state index contributed by atoms with van der Waals surface area (Å²) < 4.78 is 15.6. The minimum absolute atomic E-state index is 0.0558. The van der Waals surface area contributed by atoms with Crippen molar-refractivity contribution in [3.05, 3.63) is 34.4 Å². The van der Waals surface area contributed by atoms with Crippen LogP contribution in [0.2, 0.25) is 0 Å². The van der Waals surface area contributed by atoms with Crippen LogP contribution in [0.1, 0.15) is 30.7 Å². The number of methoxy groups -OCH3 is 1. The van der Waals surface area contributed by atoms with Crippen molar-refractivity contribution in [3.63, 3.8) is 0 Å². The van der Waals surface area contributed by atoms with Gasteiger partial charge in [-0.15, -0.1) is 0 Å². The molecule has 8 heteroatoms. The molecule has 1 aromatic carbocycles. The van der Waals surface area contributed by atoms with E-state index in [-0.39, 0.29) is 18.3 Å². The summed E-state index contributed by atoms with van der Waals surface area (Å²) in [5.41, 5.74) is 1.99. The number of ether oxygens (including phenoxy) is 3. The third-order valence-corrected chi connectivity index (χ3v) is 6.08. The van der Waals surface area contributed by atoms with Crippen molar-refractivity contribution < 1.29 is 23.8 Å². The monoisotopic (exact) mass is 398 g/mol. The molecule has 0 aromatic heterocycles. The van der Waals surface area contributed by atoms with Gasteiger partial charge in [0.15, 0.2) is 11.5 Å². The van der Waals surface area contributed by atoms with E-state index in [1.165, 1.54) is 18.9 Å². The fourth-order valence-corrected chi connectivity index (χ4v) is 4.70. The standard InChI is InChI=1S/C20H18N2O5S/c1-25-17(24)9-28-20-12(8-21)18(19-13(22-20)3-2-4-14(19)23)11-5-6-15-16(7-11)27-10-26-15/h5-7,18-19H,2-4,9-10H2,1H3/t18-,19+/m0/s1. The molecule has 0 N–H and O–H groups in total. The number of hydrogen-bond acceptors (Lipinski definition) is 8. The van der Waals surface area contributed by atoms with Crippen LogP contribution in [0.3, 0.4) is 0 Å². The molecule has 1 aromatic rings. The number of aliphatic imine (C=N–C) groups is 1. The first kappa shape index (κ1) is 18.6. The fourth-order valence-electron chi connectivity index (χ4n) is 3.81. The predicted octanol–water partition coefficient (Wildman–Crippen LogP) is 2.96. The summed E-state index contributed by atoms with van der Waals surface area (Å²) in [5, 5.41) is 10.4.